The third-order valence-corrected chi connectivity index (χ3v) is 4.76. The predicted octanol–water partition coefficient (Wildman–Crippen LogP) is 4.33. The summed E-state index contributed by atoms with van der Waals surface area (Å²) >= 11 is 1.46. The molecule has 1 N–H and O–H groups in total. The Kier molecular flexibility index (Phi) is 4.47. The number of aromatic nitrogens is 1. The molecule has 1 aliphatic carbocycles. The first kappa shape index (κ1) is 15.1. The summed E-state index contributed by atoms with van der Waals surface area (Å²) in [7, 11) is 0. The Bertz CT molecular complexity index is 654. The van der Waals surface area contributed by atoms with Gasteiger partial charge in [0.15, 0.2) is 5.13 Å². The summed E-state index contributed by atoms with van der Waals surface area (Å²) in [4.78, 5) is 17.8. The summed E-state index contributed by atoms with van der Waals surface area (Å²) in [5.74, 6) is -2.08. The lowest BCUT2D eigenvalue weighted by molar-refractivity contribution is 0.102. The number of amides is 1. The van der Waals surface area contributed by atoms with E-state index in [0.29, 0.717) is 5.13 Å². The van der Waals surface area contributed by atoms with Crippen LogP contribution in [-0.4, -0.2) is 10.9 Å². The quantitative estimate of drug-likeness (QED) is 0.894. The molecule has 3 nitrogen and oxygen atoms in total. The Morgan fingerprint density at radius 2 is 1.73 bits per heavy atom. The number of benzene rings is 1. The van der Waals surface area contributed by atoms with Crippen LogP contribution in [0.3, 0.4) is 0 Å². The zero-order valence-corrected chi connectivity index (χ0v) is 12.8. The molecule has 0 saturated carbocycles. The Balaban J connectivity index is 1.77. The summed E-state index contributed by atoms with van der Waals surface area (Å²) in [6, 6.07) is 2.77. The normalized spacial score (nSPS) is 14.8. The van der Waals surface area contributed by atoms with Gasteiger partial charge in [0.25, 0.3) is 5.91 Å². The van der Waals surface area contributed by atoms with E-state index in [1.807, 2.05) is 0 Å². The third kappa shape index (κ3) is 3.50. The van der Waals surface area contributed by atoms with Gasteiger partial charge in [-0.1, -0.05) is 12.8 Å². The molecule has 1 amide bonds. The van der Waals surface area contributed by atoms with Crippen LogP contribution in [0.5, 0.6) is 0 Å². The monoisotopic (exact) mass is 322 g/mol. The zero-order valence-electron chi connectivity index (χ0n) is 12.0. The van der Waals surface area contributed by atoms with Gasteiger partial charge in [0.2, 0.25) is 0 Å². The molecule has 116 valence electrons. The van der Waals surface area contributed by atoms with Crippen LogP contribution in [0.2, 0.25) is 0 Å². The van der Waals surface area contributed by atoms with E-state index < -0.39 is 17.5 Å². The number of fused-ring (bicyclic) bond motifs is 1. The molecule has 6 heteroatoms. The van der Waals surface area contributed by atoms with Crippen LogP contribution in [0.1, 0.15) is 46.6 Å². The summed E-state index contributed by atoms with van der Waals surface area (Å²) in [6.45, 7) is 0. The number of carbonyl (C=O) groups is 1. The minimum absolute atomic E-state index is 0.0416. The third-order valence-electron chi connectivity index (χ3n) is 3.69. The predicted molar refractivity (Wildman–Crippen MR) is 82.3 cm³/mol. The minimum Gasteiger partial charge on any atom is -0.298 e. The van der Waals surface area contributed by atoms with Crippen LogP contribution in [0, 0.1) is 11.6 Å². The summed E-state index contributed by atoms with van der Waals surface area (Å²) in [5.41, 5.74) is 1.01. The lowest BCUT2D eigenvalue weighted by Gasteiger charge is -2.06. The number of rotatable bonds is 2. The van der Waals surface area contributed by atoms with Gasteiger partial charge < -0.3 is 0 Å². The molecule has 0 aliphatic heterocycles. The van der Waals surface area contributed by atoms with Gasteiger partial charge in [0.05, 0.1) is 5.69 Å². The number of aryl methyl sites for hydroxylation is 2. The maximum atomic E-state index is 13.2. The molecule has 0 unspecified atom stereocenters. The van der Waals surface area contributed by atoms with Crippen LogP contribution in [0.4, 0.5) is 13.9 Å². The first-order valence-corrected chi connectivity index (χ1v) is 8.19. The van der Waals surface area contributed by atoms with Crippen molar-refractivity contribution < 1.29 is 13.6 Å². The fourth-order valence-electron chi connectivity index (χ4n) is 2.61. The van der Waals surface area contributed by atoms with Gasteiger partial charge >= 0.3 is 0 Å². The second-order valence-electron chi connectivity index (χ2n) is 5.42. The molecule has 1 aromatic heterocycles. The van der Waals surface area contributed by atoms with E-state index in [1.54, 1.807) is 0 Å². The number of halogens is 2. The van der Waals surface area contributed by atoms with Crippen molar-refractivity contribution in [2.45, 2.75) is 38.5 Å². The highest BCUT2D eigenvalue weighted by molar-refractivity contribution is 7.15. The highest BCUT2D eigenvalue weighted by Gasteiger charge is 2.16. The molecule has 0 bridgehead atoms. The van der Waals surface area contributed by atoms with E-state index in [1.165, 1.54) is 29.1 Å². The molecule has 1 aromatic carbocycles. The van der Waals surface area contributed by atoms with Crippen LogP contribution in [0.25, 0.3) is 0 Å². The van der Waals surface area contributed by atoms with Gasteiger partial charge in [-0.15, -0.1) is 11.3 Å². The Morgan fingerprint density at radius 3 is 2.45 bits per heavy atom. The van der Waals surface area contributed by atoms with E-state index in [0.717, 1.165) is 49.6 Å². The van der Waals surface area contributed by atoms with E-state index in [4.69, 9.17) is 0 Å². The average Bonchev–Trinajstić information content (AvgIpc) is 2.79. The molecule has 3 rings (SSSR count). The number of hydrogen-bond acceptors (Lipinski definition) is 3. The van der Waals surface area contributed by atoms with Gasteiger partial charge in [0, 0.05) is 16.5 Å². The lowest BCUT2D eigenvalue weighted by atomic mass is 10.0. The first-order chi connectivity index (χ1) is 10.6. The van der Waals surface area contributed by atoms with Crippen molar-refractivity contribution >= 4 is 22.4 Å². The molecule has 0 atom stereocenters. The molecule has 0 radical (unpaired) electrons. The number of nitrogens with one attached hydrogen (secondary N) is 1. The Hall–Kier alpha value is -1.82. The van der Waals surface area contributed by atoms with Gasteiger partial charge in [0.1, 0.15) is 11.6 Å². The van der Waals surface area contributed by atoms with Crippen molar-refractivity contribution in [3.05, 3.63) is 46.0 Å². The fraction of sp³-hybridized carbons (Fsp3) is 0.375. The number of carbonyl (C=O) groups excluding carboxylic acids is 1. The highest BCUT2D eigenvalue weighted by atomic mass is 32.1. The van der Waals surface area contributed by atoms with Crippen LogP contribution < -0.4 is 5.32 Å². The van der Waals surface area contributed by atoms with Gasteiger partial charge in [-0.3, -0.25) is 10.1 Å². The lowest BCUT2D eigenvalue weighted by Crippen LogP contribution is -2.12. The molecule has 22 heavy (non-hydrogen) atoms. The Labute approximate surface area is 131 Å². The number of hydrogen-bond donors (Lipinski definition) is 1. The summed E-state index contributed by atoms with van der Waals surface area (Å²) in [6.07, 6.45) is 6.59. The van der Waals surface area contributed by atoms with Crippen LogP contribution in [-0.2, 0) is 12.8 Å². The van der Waals surface area contributed by atoms with E-state index >= 15 is 0 Å². The van der Waals surface area contributed by atoms with E-state index in [9.17, 15) is 13.6 Å². The number of anilines is 1. The van der Waals surface area contributed by atoms with Crippen molar-refractivity contribution in [2.75, 3.05) is 5.32 Å². The SMILES string of the molecule is O=C(Nc1nc2c(s1)CCCCCC2)c1cc(F)cc(F)c1. The van der Waals surface area contributed by atoms with Gasteiger partial charge in [-0.2, -0.15) is 0 Å². The van der Waals surface area contributed by atoms with Gasteiger partial charge in [-0.25, -0.2) is 13.8 Å². The molecule has 1 aliphatic rings. The molecule has 0 saturated heterocycles. The zero-order chi connectivity index (χ0) is 15.5. The van der Waals surface area contributed by atoms with E-state index in [-0.39, 0.29) is 5.56 Å². The summed E-state index contributed by atoms with van der Waals surface area (Å²) in [5, 5.41) is 3.15. The van der Waals surface area contributed by atoms with Crippen LogP contribution in [0.15, 0.2) is 18.2 Å². The van der Waals surface area contributed by atoms with E-state index in [2.05, 4.69) is 10.3 Å². The average molecular weight is 322 g/mol. The Morgan fingerprint density at radius 1 is 1.05 bits per heavy atom. The van der Waals surface area contributed by atoms with Crippen molar-refractivity contribution in [1.82, 2.24) is 4.98 Å². The number of nitrogens with zero attached hydrogens (tertiary/aromatic N) is 1. The maximum absolute atomic E-state index is 13.2. The van der Waals surface area contributed by atoms with Crippen molar-refractivity contribution in [3.63, 3.8) is 0 Å². The molecular formula is C16H16F2N2OS. The minimum atomic E-state index is -0.767. The smallest absolute Gasteiger partial charge is 0.257 e. The molecular weight excluding hydrogens is 306 g/mol. The second-order valence-corrected chi connectivity index (χ2v) is 6.50. The summed E-state index contributed by atoms with van der Waals surface area (Å²) < 4.78 is 26.3. The molecule has 2 aromatic rings. The topological polar surface area (TPSA) is 42.0 Å². The van der Waals surface area contributed by atoms with Crippen molar-refractivity contribution in [3.8, 4) is 0 Å². The van der Waals surface area contributed by atoms with Crippen molar-refractivity contribution in [2.24, 2.45) is 0 Å². The van der Waals surface area contributed by atoms with Gasteiger partial charge in [-0.05, 0) is 37.8 Å². The molecule has 0 fully saturated rings. The molecule has 0 spiro atoms. The standard InChI is InChI=1S/C16H16F2N2OS/c17-11-7-10(8-12(18)9-11)15(21)20-16-19-13-5-3-1-2-4-6-14(13)22-16/h7-9H,1-6H2,(H,19,20,21). The highest BCUT2D eigenvalue weighted by Crippen LogP contribution is 2.28. The molecule has 1 heterocycles. The number of thiazole rings is 1. The van der Waals surface area contributed by atoms with Crippen molar-refractivity contribution in [1.29, 1.82) is 0 Å². The fourth-order valence-corrected chi connectivity index (χ4v) is 3.66. The maximum Gasteiger partial charge on any atom is 0.257 e. The van der Waals surface area contributed by atoms with Crippen LogP contribution >= 0.6 is 11.3 Å². The first-order valence-electron chi connectivity index (χ1n) is 7.38. The largest absolute Gasteiger partial charge is 0.298 e. The second kappa shape index (κ2) is 6.52.